The number of fused-ring (bicyclic) bond motifs is 1. The number of alkyl halides is 1. The maximum Gasteiger partial charge on any atom is 0.111 e. The van der Waals surface area contributed by atoms with Crippen LogP contribution in [0.2, 0.25) is 0 Å². The first-order chi connectivity index (χ1) is 8.79. The Morgan fingerprint density at radius 1 is 1.50 bits per heavy atom. The molecule has 0 saturated carbocycles. The lowest BCUT2D eigenvalue weighted by atomic mass is 10.2. The fourth-order valence-electron chi connectivity index (χ4n) is 2.52. The Morgan fingerprint density at radius 3 is 3.11 bits per heavy atom. The van der Waals surface area contributed by atoms with Gasteiger partial charge < -0.3 is 4.57 Å². The zero-order valence-corrected chi connectivity index (χ0v) is 13.1. The minimum atomic E-state index is 0.583. The van der Waals surface area contributed by atoms with Crippen molar-refractivity contribution in [3.63, 3.8) is 0 Å². The van der Waals surface area contributed by atoms with Gasteiger partial charge in [-0.3, -0.25) is 0 Å². The summed E-state index contributed by atoms with van der Waals surface area (Å²) >= 11 is 11.4. The number of hydrogen-bond donors (Lipinski definition) is 0. The van der Waals surface area contributed by atoms with Crippen LogP contribution in [0.1, 0.15) is 18.3 Å². The Bertz CT molecular complexity index is 563. The zero-order chi connectivity index (χ0) is 12.5. The molecule has 0 spiro atoms. The molecule has 2 aromatic rings. The van der Waals surface area contributed by atoms with Crippen molar-refractivity contribution in [3.8, 4) is 0 Å². The molecular weight excluding hydrogens is 332 g/mol. The Kier molecular flexibility index (Phi) is 3.87. The normalized spacial score (nSPS) is 19.8. The molecule has 1 aromatic carbocycles. The first kappa shape index (κ1) is 12.8. The van der Waals surface area contributed by atoms with E-state index in [-0.39, 0.29) is 0 Å². The Hall–Kier alpha value is -0.190. The number of hydrogen-bond acceptors (Lipinski definition) is 2. The first-order valence-corrected chi connectivity index (χ1v) is 8.58. The SMILES string of the molecule is ClCCc1nc2cc(Br)ccc2n1C1CCSC1. The van der Waals surface area contributed by atoms with Crippen LogP contribution < -0.4 is 0 Å². The topological polar surface area (TPSA) is 17.8 Å². The molecule has 3 rings (SSSR count). The molecule has 0 radical (unpaired) electrons. The number of rotatable bonds is 3. The molecule has 2 heterocycles. The highest BCUT2D eigenvalue weighted by Crippen LogP contribution is 2.33. The lowest BCUT2D eigenvalue weighted by Crippen LogP contribution is -2.12. The molecule has 1 unspecified atom stereocenters. The third kappa shape index (κ3) is 2.30. The van der Waals surface area contributed by atoms with Gasteiger partial charge >= 0.3 is 0 Å². The van der Waals surface area contributed by atoms with Crippen molar-refractivity contribution in [1.82, 2.24) is 9.55 Å². The second kappa shape index (κ2) is 5.43. The molecule has 0 amide bonds. The number of benzene rings is 1. The molecule has 0 bridgehead atoms. The highest BCUT2D eigenvalue weighted by molar-refractivity contribution is 9.10. The first-order valence-electron chi connectivity index (χ1n) is 6.09. The van der Waals surface area contributed by atoms with Gasteiger partial charge in [-0.2, -0.15) is 11.8 Å². The summed E-state index contributed by atoms with van der Waals surface area (Å²) < 4.78 is 3.49. The molecule has 5 heteroatoms. The maximum atomic E-state index is 5.91. The van der Waals surface area contributed by atoms with Crippen molar-refractivity contribution in [3.05, 3.63) is 28.5 Å². The van der Waals surface area contributed by atoms with E-state index in [4.69, 9.17) is 16.6 Å². The summed E-state index contributed by atoms with van der Waals surface area (Å²) in [5.74, 6) is 4.20. The van der Waals surface area contributed by atoms with Crippen LogP contribution >= 0.6 is 39.3 Å². The fraction of sp³-hybridized carbons (Fsp3) is 0.462. The number of thioether (sulfide) groups is 1. The minimum absolute atomic E-state index is 0.583. The third-order valence-corrected chi connectivity index (χ3v) is 5.14. The van der Waals surface area contributed by atoms with Gasteiger partial charge in [-0.1, -0.05) is 15.9 Å². The van der Waals surface area contributed by atoms with Crippen molar-refractivity contribution in [2.45, 2.75) is 18.9 Å². The van der Waals surface area contributed by atoms with Gasteiger partial charge in [0.1, 0.15) is 5.82 Å². The van der Waals surface area contributed by atoms with Crippen molar-refractivity contribution in [2.24, 2.45) is 0 Å². The van der Waals surface area contributed by atoms with Gasteiger partial charge in [0.25, 0.3) is 0 Å². The van der Waals surface area contributed by atoms with E-state index in [0.29, 0.717) is 11.9 Å². The Labute approximate surface area is 124 Å². The molecule has 18 heavy (non-hydrogen) atoms. The van der Waals surface area contributed by atoms with E-state index in [1.807, 2.05) is 11.8 Å². The van der Waals surface area contributed by atoms with Gasteiger partial charge in [-0.15, -0.1) is 11.6 Å². The molecule has 1 aliphatic rings. The molecular formula is C13H14BrClN2S. The van der Waals surface area contributed by atoms with Crippen LogP contribution in [-0.2, 0) is 6.42 Å². The van der Waals surface area contributed by atoms with E-state index in [1.54, 1.807) is 0 Å². The Morgan fingerprint density at radius 2 is 2.39 bits per heavy atom. The van der Waals surface area contributed by atoms with Crippen molar-refractivity contribution in [1.29, 1.82) is 0 Å². The van der Waals surface area contributed by atoms with Gasteiger partial charge in [-0.05, 0) is 30.4 Å². The summed E-state index contributed by atoms with van der Waals surface area (Å²) in [4.78, 5) is 4.75. The average molecular weight is 346 g/mol. The number of aryl methyl sites for hydroxylation is 1. The van der Waals surface area contributed by atoms with Crippen LogP contribution in [0.15, 0.2) is 22.7 Å². The second-order valence-electron chi connectivity index (χ2n) is 4.49. The molecule has 1 saturated heterocycles. The van der Waals surface area contributed by atoms with Gasteiger partial charge in [0.15, 0.2) is 0 Å². The number of nitrogens with zero attached hydrogens (tertiary/aromatic N) is 2. The van der Waals surface area contributed by atoms with Crippen LogP contribution in [0.3, 0.4) is 0 Å². The van der Waals surface area contributed by atoms with E-state index in [9.17, 15) is 0 Å². The van der Waals surface area contributed by atoms with E-state index < -0.39 is 0 Å². The van der Waals surface area contributed by atoms with E-state index in [1.165, 1.54) is 23.4 Å². The summed E-state index contributed by atoms with van der Waals surface area (Å²) in [6, 6.07) is 6.92. The maximum absolute atomic E-state index is 5.91. The zero-order valence-electron chi connectivity index (χ0n) is 9.90. The number of halogens is 2. The van der Waals surface area contributed by atoms with Gasteiger partial charge in [0.2, 0.25) is 0 Å². The summed E-state index contributed by atoms with van der Waals surface area (Å²) in [6.07, 6.45) is 2.08. The largest absolute Gasteiger partial charge is 0.324 e. The van der Waals surface area contributed by atoms with E-state index in [0.717, 1.165) is 22.2 Å². The molecule has 1 aromatic heterocycles. The molecule has 96 valence electrons. The summed E-state index contributed by atoms with van der Waals surface area (Å²) in [6.45, 7) is 0. The standard InChI is InChI=1S/C13H14BrClN2S/c14-9-1-2-12-11(7-9)16-13(3-5-15)17(12)10-4-6-18-8-10/h1-2,7,10H,3-6,8H2. The monoisotopic (exact) mass is 344 g/mol. The van der Waals surface area contributed by atoms with Crippen LogP contribution in [0.5, 0.6) is 0 Å². The summed E-state index contributed by atoms with van der Waals surface area (Å²) in [5, 5.41) is 0. The predicted molar refractivity (Wildman–Crippen MR) is 82.8 cm³/mol. The molecule has 1 fully saturated rings. The lowest BCUT2D eigenvalue weighted by molar-refractivity contribution is 0.552. The molecule has 0 aliphatic carbocycles. The van der Waals surface area contributed by atoms with Crippen LogP contribution in [-0.4, -0.2) is 26.9 Å². The summed E-state index contributed by atoms with van der Waals surface area (Å²) in [5.41, 5.74) is 2.31. The minimum Gasteiger partial charge on any atom is -0.324 e. The highest BCUT2D eigenvalue weighted by Gasteiger charge is 2.22. The third-order valence-electron chi connectivity index (χ3n) is 3.31. The molecule has 1 aliphatic heterocycles. The van der Waals surface area contributed by atoms with Gasteiger partial charge in [0.05, 0.1) is 11.0 Å². The van der Waals surface area contributed by atoms with Crippen molar-refractivity contribution < 1.29 is 0 Å². The smallest absolute Gasteiger partial charge is 0.111 e. The molecule has 1 atom stereocenters. The van der Waals surface area contributed by atoms with Crippen molar-refractivity contribution >= 4 is 50.3 Å². The lowest BCUT2D eigenvalue weighted by Gasteiger charge is -2.15. The number of aromatic nitrogens is 2. The van der Waals surface area contributed by atoms with Gasteiger partial charge in [0, 0.05) is 28.6 Å². The Balaban J connectivity index is 2.14. The predicted octanol–water partition coefficient (Wildman–Crippen LogP) is 4.26. The van der Waals surface area contributed by atoms with Crippen LogP contribution in [0.25, 0.3) is 11.0 Å². The quantitative estimate of drug-likeness (QED) is 0.774. The van der Waals surface area contributed by atoms with Crippen LogP contribution in [0, 0.1) is 0 Å². The molecule has 0 N–H and O–H groups in total. The fourth-order valence-corrected chi connectivity index (χ4v) is 4.23. The van der Waals surface area contributed by atoms with Gasteiger partial charge in [-0.25, -0.2) is 4.98 Å². The van der Waals surface area contributed by atoms with Crippen molar-refractivity contribution in [2.75, 3.05) is 17.4 Å². The van der Waals surface area contributed by atoms with Crippen LogP contribution in [0.4, 0.5) is 0 Å². The second-order valence-corrected chi connectivity index (χ2v) is 6.93. The van der Waals surface area contributed by atoms with E-state index in [2.05, 4.69) is 38.7 Å². The summed E-state index contributed by atoms with van der Waals surface area (Å²) in [7, 11) is 0. The molecule has 2 nitrogen and oxygen atoms in total. The van der Waals surface area contributed by atoms with E-state index >= 15 is 0 Å². The number of imidazole rings is 1. The highest BCUT2D eigenvalue weighted by atomic mass is 79.9. The average Bonchev–Trinajstić information content (AvgIpc) is 2.95.